The van der Waals surface area contributed by atoms with Crippen molar-refractivity contribution >= 4 is 0 Å². The number of hydrogen-bond donors (Lipinski definition) is 2. The number of hydrogen-bond acceptors (Lipinski definition) is 3. The van der Waals surface area contributed by atoms with Crippen molar-refractivity contribution in [3.05, 3.63) is 29.8 Å². The third-order valence-electron chi connectivity index (χ3n) is 3.78. The summed E-state index contributed by atoms with van der Waals surface area (Å²) in [4.78, 5) is 0. The molecule has 0 aromatic heterocycles. The van der Waals surface area contributed by atoms with E-state index >= 15 is 0 Å². The van der Waals surface area contributed by atoms with Gasteiger partial charge in [0.2, 0.25) is 0 Å². The van der Waals surface area contributed by atoms with E-state index in [2.05, 4.69) is 31.2 Å². The van der Waals surface area contributed by atoms with Crippen molar-refractivity contribution in [2.24, 2.45) is 11.5 Å². The predicted molar refractivity (Wildman–Crippen MR) is 90.7 cm³/mol. The Bertz CT molecular complexity index is 351. The van der Waals surface area contributed by atoms with Gasteiger partial charge in [-0.2, -0.15) is 0 Å². The van der Waals surface area contributed by atoms with Crippen LogP contribution in [0.1, 0.15) is 57.4 Å². The maximum atomic E-state index is 5.81. The van der Waals surface area contributed by atoms with E-state index in [4.69, 9.17) is 16.2 Å². The van der Waals surface area contributed by atoms with Crippen molar-refractivity contribution in [1.29, 1.82) is 0 Å². The molecule has 0 radical (unpaired) electrons. The largest absolute Gasteiger partial charge is 0.494 e. The summed E-state index contributed by atoms with van der Waals surface area (Å²) in [6.45, 7) is 3.64. The van der Waals surface area contributed by atoms with Crippen LogP contribution in [0.2, 0.25) is 0 Å². The molecule has 0 bridgehead atoms. The lowest BCUT2D eigenvalue weighted by Crippen LogP contribution is -2.29. The van der Waals surface area contributed by atoms with Gasteiger partial charge in [-0.25, -0.2) is 0 Å². The van der Waals surface area contributed by atoms with Gasteiger partial charge in [-0.3, -0.25) is 0 Å². The minimum Gasteiger partial charge on any atom is -0.494 e. The molecule has 21 heavy (non-hydrogen) atoms. The van der Waals surface area contributed by atoms with Crippen molar-refractivity contribution in [1.82, 2.24) is 0 Å². The molecule has 0 heterocycles. The third kappa shape index (κ3) is 8.74. The zero-order valence-corrected chi connectivity index (χ0v) is 13.5. The molecule has 1 rings (SSSR count). The number of aryl methyl sites for hydroxylation is 1. The minimum atomic E-state index is 0.161. The first kappa shape index (κ1) is 18.0. The lowest BCUT2D eigenvalue weighted by Gasteiger charge is -2.09. The fraction of sp³-hybridized carbons (Fsp3) is 0.667. The van der Waals surface area contributed by atoms with Gasteiger partial charge in [-0.05, 0) is 43.4 Å². The molecule has 0 aliphatic heterocycles. The predicted octanol–water partition coefficient (Wildman–Crippen LogP) is 3.64. The maximum Gasteiger partial charge on any atom is 0.119 e. The molecule has 0 aliphatic carbocycles. The van der Waals surface area contributed by atoms with Crippen LogP contribution in [0.15, 0.2) is 24.3 Å². The molecule has 1 aromatic carbocycles. The first-order chi connectivity index (χ1) is 10.3. The molecule has 0 spiro atoms. The molecule has 0 saturated carbocycles. The number of ether oxygens (including phenoxy) is 1. The fourth-order valence-corrected chi connectivity index (χ4v) is 2.32. The van der Waals surface area contributed by atoms with E-state index in [1.54, 1.807) is 0 Å². The molecule has 0 fully saturated rings. The third-order valence-corrected chi connectivity index (χ3v) is 3.78. The van der Waals surface area contributed by atoms with E-state index in [1.807, 2.05) is 0 Å². The fourth-order valence-electron chi connectivity index (χ4n) is 2.32. The van der Waals surface area contributed by atoms with Gasteiger partial charge in [0.1, 0.15) is 5.75 Å². The van der Waals surface area contributed by atoms with Gasteiger partial charge in [0, 0.05) is 12.6 Å². The zero-order chi connectivity index (χ0) is 15.3. The second-order valence-electron chi connectivity index (χ2n) is 5.79. The molecular weight excluding hydrogens is 260 g/mol. The van der Waals surface area contributed by atoms with E-state index < -0.39 is 0 Å². The van der Waals surface area contributed by atoms with Gasteiger partial charge >= 0.3 is 0 Å². The second-order valence-corrected chi connectivity index (χ2v) is 5.79. The van der Waals surface area contributed by atoms with E-state index in [-0.39, 0.29) is 6.04 Å². The molecule has 4 N–H and O–H groups in total. The van der Waals surface area contributed by atoms with Crippen molar-refractivity contribution in [2.45, 2.75) is 64.3 Å². The first-order valence-electron chi connectivity index (χ1n) is 8.43. The second kappa shape index (κ2) is 11.6. The molecule has 120 valence electrons. The van der Waals surface area contributed by atoms with Gasteiger partial charge in [0.15, 0.2) is 0 Å². The van der Waals surface area contributed by atoms with Crippen LogP contribution in [-0.2, 0) is 6.42 Å². The average Bonchev–Trinajstić information content (AvgIpc) is 2.52. The van der Waals surface area contributed by atoms with Crippen molar-refractivity contribution in [3.63, 3.8) is 0 Å². The Labute approximate surface area is 130 Å². The smallest absolute Gasteiger partial charge is 0.119 e. The Morgan fingerprint density at radius 2 is 1.76 bits per heavy atom. The molecule has 0 amide bonds. The Balaban J connectivity index is 2.15. The number of benzene rings is 1. The van der Waals surface area contributed by atoms with E-state index in [0.717, 1.165) is 38.0 Å². The summed E-state index contributed by atoms with van der Waals surface area (Å²) in [6, 6.07) is 8.67. The Kier molecular flexibility index (Phi) is 9.92. The van der Waals surface area contributed by atoms with Crippen LogP contribution in [-0.4, -0.2) is 19.2 Å². The van der Waals surface area contributed by atoms with Gasteiger partial charge in [-0.1, -0.05) is 44.7 Å². The number of nitrogens with two attached hydrogens (primary N) is 2. The highest BCUT2D eigenvalue weighted by atomic mass is 16.5. The lowest BCUT2D eigenvalue weighted by molar-refractivity contribution is 0.305. The van der Waals surface area contributed by atoms with Crippen molar-refractivity contribution < 1.29 is 4.74 Å². The summed E-state index contributed by atoms with van der Waals surface area (Å²) < 4.78 is 5.75. The van der Waals surface area contributed by atoms with E-state index in [1.165, 1.54) is 31.2 Å². The Morgan fingerprint density at radius 3 is 2.43 bits per heavy atom. The zero-order valence-electron chi connectivity index (χ0n) is 13.5. The van der Waals surface area contributed by atoms with Crippen LogP contribution >= 0.6 is 0 Å². The highest BCUT2D eigenvalue weighted by molar-refractivity contribution is 5.27. The molecule has 0 aliphatic rings. The van der Waals surface area contributed by atoms with E-state index in [0.29, 0.717) is 6.54 Å². The number of unbranched alkanes of at least 4 members (excludes halogenated alkanes) is 4. The highest BCUT2D eigenvalue weighted by Gasteiger charge is 2.00. The quantitative estimate of drug-likeness (QED) is 0.578. The SMILES string of the molecule is CCCCCCOc1ccc(CCCC[C@H](N)CN)cc1. The van der Waals surface area contributed by atoms with Gasteiger partial charge in [0.05, 0.1) is 6.61 Å². The lowest BCUT2D eigenvalue weighted by atomic mass is 10.0. The molecule has 3 nitrogen and oxygen atoms in total. The summed E-state index contributed by atoms with van der Waals surface area (Å²) in [7, 11) is 0. The van der Waals surface area contributed by atoms with E-state index in [9.17, 15) is 0 Å². The molecular formula is C18H32N2O. The monoisotopic (exact) mass is 292 g/mol. The Hall–Kier alpha value is -1.06. The normalized spacial score (nSPS) is 12.3. The first-order valence-corrected chi connectivity index (χ1v) is 8.43. The van der Waals surface area contributed by atoms with Crippen LogP contribution < -0.4 is 16.2 Å². The summed E-state index contributed by atoms with van der Waals surface area (Å²) in [5.41, 5.74) is 12.7. The standard InChI is InChI=1S/C18H32N2O/c1-2-3-4-7-14-21-18-12-10-16(11-13-18)8-5-6-9-17(20)15-19/h10-13,17H,2-9,14-15,19-20H2,1H3/t17-/m0/s1. The molecule has 1 aromatic rings. The van der Waals surface area contributed by atoms with Crippen molar-refractivity contribution in [3.8, 4) is 5.75 Å². The van der Waals surface area contributed by atoms with Gasteiger partial charge < -0.3 is 16.2 Å². The minimum absolute atomic E-state index is 0.161. The average molecular weight is 292 g/mol. The topological polar surface area (TPSA) is 61.3 Å². The summed E-state index contributed by atoms with van der Waals surface area (Å²) in [5.74, 6) is 0.986. The van der Waals surface area contributed by atoms with Crippen LogP contribution in [0.25, 0.3) is 0 Å². The summed E-state index contributed by atoms with van der Waals surface area (Å²) in [6.07, 6.45) is 9.43. The molecule has 3 heteroatoms. The van der Waals surface area contributed by atoms with Crippen LogP contribution in [0.4, 0.5) is 0 Å². The van der Waals surface area contributed by atoms with Gasteiger partial charge in [0.25, 0.3) is 0 Å². The molecule has 0 unspecified atom stereocenters. The van der Waals surface area contributed by atoms with Crippen molar-refractivity contribution in [2.75, 3.05) is 13.2 Å². The van der Waals surface area contributed by atoms with Crippen LogP contribution in [0.5, 0.6) is 5.75 Å². The van der Waals surface area contributed by atoms with Gasteiger partial charge in [-0.15, -0.1) is 0 Å². The summed E-state index contributed by atoms with van der Waals surface area (Å²) in [5, 5.41) is 0. The molecule has 1 atom stereocenters. The molecule has 0 saturated heterocycles. The van der Waals surface area contributed by atoms with Crippen LogP contribution in [0, 0.1) is 0 Å². The Morgan fingerprint density at radius 1 is 1.00 bits per heavy atom. The van der Waals surface area contributed by atoms with Crippen LogP contribution in [0.3, 0.4) is 0 Å². The highest BCUT2D eigenvalue weighted by Crippen LogP contribution is 2.15. The maximum absolute atomic E-state index is 5.81. The number of rotatable bonds is 12. The summed E-state index contributed by atoms with van der Waals surface area (Å²) >= 11 is 0.